The van der Waals surface area contributed by atoms with Gasteiger partial charge in [-0.1, -0.05) is 18.5 Å². The molecule has 0 bridgehead atoms. The van der Waals surface area contributed by atoms with Crippen LogP contribution < -0.4 is 0 Å². The van der Waals surface area contributed by atoms with Crippen molar-refractivity contribution >= 4 is 17.5 Å². The average Bonchev–Trinajstić information content (AvgIpc) is 2.49. The first-order valence-corrected chi connectivity index (χ1v) is 7.43. The van der Waals surface area contributed by atoms with E-state index in [1.54, 1.807) is 31.3 Å². The maximum Gasteiger partial charge on any atom is 0.254 e. The van der Waals surface area contributed by atoms with Crippen LogP contribution in [0.5, 0.6) is 0 Å². The van der Waals surface area contributed by atoms with Crippen LogP contribution in [0.2, 0.25) is 5.15 Å². The lowest BCUT2D eigenvalue weighted by atomic mass is 10.1. The van der Waals surface area contributed by atoms with Crippen LogP contribution in [0.25, 0.3) is 0 Å². The van der Waals surface area contributed by atoms with Gasteiger partial charge in [0, 0.05) is 45.2 Å². The molecule has 0 saturated heterocycles. The summed E-state index contributed by atoms with van der Waals surface area (Å²) in [6.07, 6.45) is 1.52. The summed E-state index contributed by atoms with van der Waals surface area (Å²) in [5.41, 5.74) is 1.38. The summed E-state index contributed by atoms with van der Waals surface area (Å²) in [6.45, 7) is 4.26. The molecule has 1 aromatic heterocycles. The van der Waals surface area contributed by atoms with Crippen LogP contribution in [0.4, 0.5) is 0 Å². The fourth-order valence-corrected chi connectivity index (χ4v) is 2.18. The smallest absolute Gasteiger partial charge is 0.254 e. The number of carbonyl (C=O) groups excluding carboxylic acids is 1. The number of amides is 1. The number of rotatable bonds is 9. The van der Waals surface area contributed by atoms with Crippen molar-refractivity contribution < 1.29 is 14.3 Å². The van der Waals surface area contributed by atoms with Gasteiger partial charge in [0.15, 0.2) is 0 Å². The van der Waals surface area contributed by atoms with Gasteiger partial charge in [-0.3, -0.25) is 4.79 Å². The highest BCUT2D eigenvalue weighted by Gasteiger charge is 2.16. The molecule has 0 aromatic carbocycles. The molecular weight excluding hydrogens is 292 g/mol. The van der Waals surface area contributed by atoms with Crippen LogP contribution in [0.15, 0.2) is 12.1 Å². The molecule has 0 unspecified atom stereocenters. The van der Waals surface area contributed by atoms with Gasteiger partial charge in [0.25, 0.3) is 5.91 Å². The Hall–Kier alpha value is -1.17. The van der Waals surface area contributed by atoms with Crippen molar-refractivity contribution in [2.24, 2.45) is 0 Å². The Labute approximate surface area is 131 Å². The molecule has 1 aromatic rings. The van der Waals surface area contributed by atoms with E-state index >= 15 is 0 Å². The molecule has 1 amide bonds. The van der Waals surface area contributed by atoms with E-state index in [1.807, 2.05) is 6.92 Å². The largest absolute Gasteiger partial charge is 0.385 e. The number of carbonyl (C=O) groups is 1. The maximum absolute atomic E-state index is 12.6. The Morgan fingerprint density at radius 1 is 1.24 bits per heavy atom. The third-order valence-corrected chi connectivity index (χ3v) is 3.28. The van der Waals surface area contributed by atoms with E-state index in [-0.39, 0.29) is 5.91 Å². The number of hydrogen-bond donors (Lipinski definition) is 0. The number of pyridine rings is 1. The third kappa shape index (κ3) is 5.99. The fourth-order valence-electron chi connectivity index (χ4n) is 1.95. The maximum atomic E-state index is 12.6. The molecule has 0 aliphatic rings. The van der Waals surface area contributed by atoms with Crippen LogP contribution in [0, 0.1) is 0 Å². The number of nitrogens with zero attached hydrogens (tertiary/aromatic N) is 2. The molecule has 5 nitrogen and oxygen atoms in total. The molecule has 0 saturated carbocycles. The first kappa shape index (κ1) is 17.9. The predicted octanol–water partition coefficient (Wildman–Crippen LogP) is 2.42. The highest BCUT2D eigenvalue weighted by atomic mass is 35.5. The topological polar surface area (TPSA) is 51.7 Å². The van der Waals surface area contributed by atoms with E-state index in [1.165, 1.54) is 0 Å². The van der Waals surface area contributed by atoms with Gasteiger partial charge in [-0.05, 0) is 25.0 Å². The lowest BCUT2D eigenvalue weighted by molar-refractivity contribution is 0.0674. The second-order valence-corrected chi connectivity index (χ2v) is 5.04. The van der Waals surface area contributed by atoms with Gasteiger partial charge < -0.3 is 14.4 Å². The van der Waals surface area contributed by atoms with Crippen molar-refractivity contribution in [2.75, 3.05) is 40.5 Å². The number of halogens is 1. The minimum Gasteiger partial charge on any atom is -0.385 e. The number of hydrogen-bond acceptors (Lipinski definition) is 4. The summed E-state index contributed by atoms with van der Waals surface area (Å²) in [7, 11) is 3.27. The Kier molecular flexibility index (Phi) is 8.27. The van der Waals surface area contributed by atoms with E-state index < -0.39 is 0 Å². The summed E-state index contributed by atoms with van der Waals surface area (Å²) in [6, 6.07) is 3.41. The van der Waals surface area contributed by atoms with Gasteiger partial charge in [0.05, 0.1) is 6.61 Å². The highest BCUT2D eigenvalue weighted by molar-refractivity contribution is 6.29. The van der Waals surface area contributed by atoms with E-state index in [0.717, 1.165) is 18.5 Å². The highest BCUT2D eigenvalue weighted by Crippen LogP contribution is 2.14. The average molecular weight is 315 g/mol. The SMILES string of the molecule is CCc1cc(C(=O)N(CCCOC)CCOC)cc(Cl)n1. The molecule has 0 aliphatic heterocycles. The monoisotopic (exact) mass is 314 g/mol. The summed E-state index contributed by atoms with van der Waals surface area (Å²) in [4.78, 5) is 18.5. The van der Waals surface area contributed by atoms with Crippen molar-refractivity contribution in [1.82, 2.24) is 9.88 Å². The molecule has 21 heavy (non-hydrogen) atoms. The summed E-state index contributed by atoms with van der Waals surface area (Å²) >= 11 is 5.98. The van der Waals surface area contributed by atoms with E-state index in [0.29, 0.717) is 37.0 Å². The third-order valence-electron chi connectivity index (χ3n) is 3.09. The molecule has 1 heterocycles. The first-order chi connectivity index (χ1) is 10.1. The number of aromatic nitrogens is 1. The standard InChI is InChI=1S/C15H23ClN2O3/c1-4-13-10-12(11-14(16)17-13)15(19)18(7-9-21-3)6-5-8-20-2/h10-11H,4-9H2,1-3H3. The molecule has 0 spiro atoms. The predicted molar refractivity (Wildman–Crippen MR) is 82.9 cm³/mol. The molecule has 0 aliphatic carbocycles. The van der Waals surface area contributed by atoms with Gasteiger partial charge in [-0.2, -0.15) is 0 Å². The lowest BCUT2D eigenvalue weighted by Gasteiger charge is -2.22. The second-order valence-electron chi connectivity index (χ2n) is 4.65. The second kappa shape index (κ2) is 9.71. The van der Waals surface area contributed by atoms with Crippen molar-refractivity contribution in [3.8, 4) is 0 Å². The Morgan fingerprint density at radius 3 is 2.57 bits per heavy atom. The lowest BCUT2D eigenvalue weighted by Crippen LogP contribution is -2.35. The molecule has 1 rings (SSSR count). The summed E-state index contributed by atoms with van der Waals surface area (Å²) in [5.74, 6) is -0.0536. The zero-order valence-corrected chi connectivity index (χ0v) is 13.7. The van der Waals surface area contributed by atoms with Gasteiger partial charge >= 0.3 is 0 Å². The Morgan fingerprint density at radius 2 is 1.95 bits per heavy atom. The molecule has 0 N–H and O–H groups in total. The van der Waals surface area contributed by atoms with Crippen molar-refractivity contribution in [2.45, 2.75) is 19.8 Å². The van der Waals surface area contributed by atoms with Gasteiger partial charge in [0.1, 0.15) is 5.15 Å². The zero-order chi connectivity index (χ0) is 15.7. The van der Waals surface area contributed by atoms with E-state index in [2.05, 4.69) is 4.98 Å². The number of methoxy groups -OCH3 is 2. The van der Waals surface area contributed by atoms with Crippen LogP contribution in [-0.4, -0.2) is 56.3 Å². The zero-order valence-electron chi connectivity index (χ0n) is 12.9. The van der Waals surface area contributed by atoms with E-state index in [4.69, 9.17) is 21.1 Å². The van der Waals surface area contributed by atoms with Crippen molar-refractivity contribution in [3.63, 3.8) is 0 Å². The number of aryl methyl sites for hydroxylation is 1. The summed E-state index contributed by atoms with van der Waals surface area (Å²) < 4.78 is 10.1. The molecule has 0 radical (unpaired) electrons. The quantitative estimate of drug-likeness (QED) is 0.519. The van der Waals surface area contributed by atoms with Crippen LogP contribution >= 0.6 is 11.6 Å². The van der Waals surface area contributed by atoms with Crippen LogP contribution in [0.1, 0.15) is 29.4 Å². The Balaban J connectivity index is 2.84. The fraction of sp³-hybridized carbons (Fsp3) is 0.600. The van der Waals surface area contributed by atoms with Gasteiger partial charge in [-0.15, -0.1) is 0 Å². The Bertz CT molecular complexity index is 455. The van der Waals surface area contributed by atoms with Gasteiger partial charge in [0.2, 0.25) is 0 Å². The van der Waals surface area contributed by atoms with Crippen LogP contribution in [0.3, 0.4) is 0 Å². The molecule has 6 heteroatoms. The van der Waals surface area contributed by atoms with Gasteiger partial charge in [-0.25, -0.2) is 4.98 Å². The van der Waals surface area contributed by atoms with Crippen molar-refractivity contribution in [3.05, 3.63) is 28.5 Å². The normalized spacial score (nSPS) is 10.7. The first-order valence-electron chi connectivity index (χ1n) is 7.06. The van der Waals surface area contributed by atoms with Crippen molar-refractivity contribution in [1.29, 1.82) is 0 Å². The molecule has 0 fully saturated rings. The minimum atomic E-state index is -0.0536. The summed E-state index contributed by atoms with van der Waals surface area (Å²) in [5, 5.41) is 0.348. The number of ether oxygens (including phenoxy) is 2. The van der Waals surface area contributed by atoms with E-state index in [9.17, 15) is 4.79 Å². The molecule has 0 atom stereocenters. The minimum absolute atomic E-state index is 0.0536. The molecule has 118 valence electrons. The van der Waals surface area contributed by atoms with Crippen LogP contribution in [-0.2, 0) is 15.9 Å². The molecular formula is C15H23ClN2O3.